The number of aliphatic carboxylic acids is 1. The lowest BCUT2D eigenvalue weighted by Gasteiger charge is -2.19. The maximum absolute atomic E-state index is 10.5. The maximum Gasteiger partial charge on any atom is 0.355 e. The van der Waals surface area contributed by atoms with Crippen LogP contribution in [-0.4, -0.2) is 35.5 Å². The Balaban J connectivity index is 2.62. The molecule has 1 unspecified atom stereocenters. The highest BCUT2D eigenvalue weighted by atomic mass is 16.5. The first kappa shape index (κ1) is 8.58. The largest absolute Gasteiger partial charge is 0.476 e. The predicted octanol–water partition coefficient (Wildman–Crippen LogP) is -0.210. The highest BCUT2D eigenvalue weighted by molar-refractivity contribution is 5.86. The van der Waals surface area contributed by atoms with Crippen LogP contribution >= 0.6 is 0 Å². The van der Waals surface area contributed by atoms with Crippen molar-refractivity contribution >= 4 is 12.3 Å². The van der Waals surface area contributed by atoms with Crippen LogP contribution in [0.4, 0.5) is 0 Å². The summed E-state index contributed by atoms with van der Waals surface area (Å²) in [6, 6.07) is 0. The number of aldehydes is 1. The van der Waals surface area contributed by atoms with Crippen molar-refractivity contribution in [2.45, 2.75) is 12.6 Å². The summed E-state index contributed by atoms with van der Waals surface area (Å²) in [6.45, 7) is 0. The third-order valence-electron chi connectivity index (χ3n) is 1.67. The standard InChI is InChI=1S/C7H9NO4/c1-8-5(7(10)11)4-12-6(8)2-3-9/h3-4,6H,2H2,1H3,(H,10,11). The van der Waals surface area contributed by atoms with Crippen LogP contribution in [0.2, 0.25) is 0 Å². The van der Waals surface area contributed by atoms with Gasteiger partial charge in [-0.3, -0.25) is 0 Å². The summed E-state index contributed by atoms with van der Waals surface area (Å²) in [6.07, 6.45) is 1.55. The molecule has 0 radical (unpaired) electrons. The molecule has 1 N–H and O–H groups in total. The fourth-order valence-corrected chi connectivity index (χ4v) is 0.970. The molecule has 1 rings (SSSR count). The topological polar surface area (TPSA) is 66.8 Å². The molecular formula is C7H9NO4. The van der Waals surface area contributed by atoms with Gasteiger partial charge in [-0.25, -0.2) is 4.79 Å². The van der Waals surface area contributed by atoms with Crippen LogP contribution in [0.15, 0.2) is 12.0 Å². The minimum absolute atomic E-state index is 0.0712. The second-order valence-electron chi connectivity index (χ2n) is 2.41. The number of hydrogen-bond donors (Lipinski definition) is 1. The van der Waals surface area contributed by atoms with E-state index < -0.39 is 12.2 Å². The average Bonchev–Trinajstić information content (AvgIpc) is 2.34. The van der Waals surface area contributed by atoms with E-state index in [1.54, 1.807) is 7.05 Å². The van der Waals surface area contributed by atoms with Crippen molar-refractivity contribution in [1.82, 2.24) is 4.90 Å². The zero-order valence-corrected chi connectivity index (χ0v) is 6.56. The lowest BCUT2D eigenvalue weighted by Crippen LogP contribution is -2.29. The second kappa shape index (κ2) is 3.25. The molecule has 0 saturated carbocycles. The van der Waals surface area contributed by atoms with Gasteiger partial charge < -0.3 is 19.5 Å². The van der Waals surface area contributed by atoms with Gasteiger partial charge in [0.15, 0.2) is 11.9 Å². The quantitative estimate of drug-likeness (QED) is 0.595. The second-order valence-corrected chi connectivity index (χ2v) is 2.41. The van der Waals surface area contributed by atoms with E-state index >= 15 is 0 Å². The molecule has 0 aromatic carbocycles. The summed E-state index contributed by atoms with van der Waals surface area (Å²) in [7, 11) is 1.57. The van der Waals surface area contributed by atoms with Gasteiger partial charge in [-0.2, -0.15) is 0 Å². The van der Waals surface area contributed by atoms with Crippen molar-refractivity contribution in [3.05, 3.63) is 12.0 Å². The zero-order valence-electron chi connectivity index (χ0n) is 6.56. The minimum Gasteiger partial charge on any atom is -0.476 e. The molecule has 1 aliphatic heterocycles. The summed E-state index contributed by atoms with van der Waals surface area (Å²) < 4.78 is 4.93. The van der Waals surface area contributed by atoms with Gasteiger partial charge in [-0.15, -0.1) is 0 Å². The van der Waals surface area contributed by atoms with Crippen LogP contribution in [0.3, 0.4) is 0 Å². The van der Waals surface area contributed by atoms with Gasteiger partial charge in [0.1, 0.15) is 12.5 Å². The summed E-state index contributed by atoms with van der Waals surface area (Å²) in [5, 5.41) is 8.59. The Bertz CT molecular complexity index is 236. The molecule has 0 amide bonds. The highest BCUT2D eigenvalue weighted by Crippen LogP contribution is 2.18. The fraction of sp³-hybridized carbons (Fsp3) is 0.429. The number of hydrogen-bond acceptors (Lipinski definition) is 4. The van der Waals surface area contributed by atoms with Crippen molar-refractivity contribution in [2.75, 3.05) is 7.05 Å². The van der Waals surface area contributed by atoms with Gasteiger partial charge in [0.2, 0.25) is 0 Å². The molecule has 5 nitrogen and oxygen atoms in total. The van der Waals surface area contributed by atoms with Gasteiger partial charge in [-0.05, 0) is 0 Å². The SMILES string of the molecule is CN1C(C(=O)O)=COC1CC=O. The molecule has 1 heterocycles. The lowest BCUT2D eigenvalue weighted by molar-refractivity contribution is -0.134. The Morgan fingerprint density at radius 3 is 3.00 bits per heavy atom. The lowest BCUT2D eigenvalue weighted by atomic mass is 10.3. The van der Waals surface area contributed by atoms with E-state index in [4.69, 9.17) is 9.84 Å². The zero-order chi connectivity index (χ0) is 9.14. The molecule has 0 saturated heterocycles. The number of carboxylic acids is 1. The Kier molecular flexibility index (Phi) is 2.32. The molecule has 0 fully saturated rings. The molecule has 1 aliphatic rings. The van der Waals surface area contributed by atoms with Crippen LogP contribution in [0.1, 0.15) is 6.42 Å². The van der Waals surface area contributed by atoms with Crippen molar-refractivity contribution < 1.29 is 19.4 Å². The monoisotopic (exact) mass is 171 g/mol. The van der Waals surface area contributed by atoms with Crippen LogP contribution in [-0.2, 0) is 14.3 Å². The van der Waals surface area contributed by atoms with E-state index in [1.807, 2.05) is 0 Å². The van der Waals surface area contributed by atoms with Crippen molar-refractivity contribution in [3.8, 4) is 0 Å². The van der Waals surface area contributed by atoms with Crippen LogP contribution in [0.25, 0.3) is 0 Å². The van der Waals surface area contributed by atoms with Gasteiger partial charge in [0, 0.05) is 7.05 Å². The molecule has 0 aliphatic carbocycles. The summed E-state index contributed by atoms with van der Waals surface area (Å²) in [5.74, 6) is -1.05. The number of rotatable bonds is 3. The van der Waals surface area contributed by atoms with Gasteiger partial charge in [0.05, 0.1) is 6.42 Å². The Hall–Kier alpha value is -1.52. The maximum atomic E-state index is 10.5. The average molecular weight is 171 g/mol. The molecule has 0 bridgehead atoms. The molecule has 0 spiro atoms. The molecule has 1 atom stereocenters. The summed E-state index contributed by atoms with van der Waals surface area (Å²) >= 11 is 0. The van der Waals surface area contributed by atoms with E-state index in [2.05, 4.69) is 0 Å². The number of carbonyl (C=O) groups excluding carboxylic acids is 1. The third kappa shape index (κ3) is 1.39. The van der Waals surface area contributed by atoms with Gasteiger partial charge >= 0.3 is 5.97 Å². The van der Waals surface area contributed by atoms with E-state index in [0.717, 1.165) is 6.26 Å². The highest BCUT2D eigenvalue weighted by Gasteiger charge is 2.27. The third-order valence-corrected chi connectivity index (χ3v) is 1.67. The Labute approximate surface area is 69.2 Å². The number of carbonyl (C=O) groups is 2. The number of likely N-dealkylation sites (N-methyl/N-ethyl adjacent to an activating group) is 1. The predicted molar refractivity (Wildman–Crippen MR) is 39.0 cm³/mol. The van der Waals surface area contributed by atoms with Crippen molar-refractivity contribution in [3.63, 3.8) is 0 Å². The minimum atomic E-state index is -1.05. The van der Waals surface area contributed by atoms with E-state index in [0.29, 0.717) is 6.29 Å². The van der Waals surface area contributed by atoms with Crippen LogP contribution < -0.4 is 0 Å². The van der Waals surface area contributed by atoms with Crippen LogP contribution in [0.5, 0.6) is 0 Å². The summed E-state index contributed by atoms with van der Waals surface area (Å²) in [4.78, 5) is 22.0. The Morgan fingerprint density at radius 2 is 2.58 bits per heavy atom. The molecule has 0 aromatic heterocycles. The van der Waals surface area contributed by atoms with Crippen LogP contribution in [0, 0.1) is 0 Å². The summed E-state index contributed by atoms with van der Waals surface area (Å²) in [5.41, 5.74) is 0.0712. The number of carboxylic acid groups (broad SMARTS) is 1. The van der Waals surface area contributed by atoms with Crippen molar-refractivity contribution in [2.24, 2.45) is 0 Å². The van der Waals surface area contributed by atoms with Gasteiger partial charge in [0.25, 0.3) is 0 Å². The van der Waals surface area contributed by atoms with E-state index in [-0.39, 0.29) is 12.1 Å². The Morgan fingerprint density at radius 1 is 1.92 bits per heavy atom. The first-order valence-corrected chi connectivity index (χ1v) is 3.42. The molecule has 0 aromatic rings. The first-order valence-electron chi connectivity index (χ1n) is 3.42. The van der Waals surface area contributed by atoms with Gasteiger partial charge in [-0.1, -0.05) is 0 Å². The normalized spacial score (nSPS) is 21.6. The van der Waals surface area contributed by atoms with E-state index in [9.17, 15) is 9.59 Å². The van der Waals surface area contributed by atoms with E-state index in [1.165, 1.54) is 4.90 Å². The molecule has 66 valence electrons. The fourth-order valence-electron chi connectivity index (χ4n) is 0.970. The first-order chi connectivity index (χ1) is 5.66. The number of nitrogens with zero attached hydrogens (tertiary/aromatic N) is 1. The van der Waals surface area contributed by atoms with Crippen molar-refractivity contribution in [1.29, 1.82) is 0 Å². The smallest absolute Gasteiger partial charge is 0.355 e. The molecule has 12 heavy (non-hydrogen) atoms. The number of ether oxygens (including phenoxy) is 1. The molecular weight excluding hydrogens is 162 g/mol. The molecule has 5 heteroatoms.